The molecule has 25 heavy (non-hydrogen) atoms. The molecule has 1 atom stereocenters. The summed E-state index contributed by atoms with van der Waals surface area (Å²) in [5, 5.41) is 2.43. The van der Waals surface area contributed by atoms with Gasteiger partial charge >= 0.3 is 12.2 Å². The molecule has 7 heteroatoms. The number of benzene rings is 2. The first-order valence-corrected chi connectivity index (χ1v) is 8.87. The molecule has 1 aliphatic rings. The highest BCUT2D eigenvalue weighted by atomic mass is 32.2. The normalized spacial score (nSPS) is 17.6. The second-order valence-electron chi connectivity index (χ2n) is 5.68. The predicted molar refractivity (Wildman–Crippen MR) is 92.0 cm³/mol. The van der Waals surface area contributed by atoms with Gasteiger partial charge < -0.3 is 10.2 Å². The van der Waals surface area contributed by atoms with Crippen LogP contribution in [0.2, 0.25) is 0 Å². The number of thioether (sulfide) groups is 1. The summed E-state index contributed by atoms with van der Waals surface area (Å²) >= 11 is 1.47. The van der Waals surface area contributed by atoms with Crippen molar-refractivity contribution in [3.05, 3.63) is 71.3 Å². The molecule has 0 bridgehead atoms. The van der Waals surface area contributed by atoms with Gasteiger partial charge in [-0.25, -0.2) is 4.79 Å². The molecule has 1 saturated heterocycles. The molecule has 2 aromatic rings. The third-order valence-corrected chi connectivity index (χ3v) is 5.20. The summed E-state index contributed by atoms with van der Waals surface area (Å²) in [6.07, 6.45) is -4.39. The Morgan fingerprint density at radius 1 is 1.16 bits per heavy atom. The second-order valence-corrected chi connectivity index (χ2v) is 6.87. The molecule has 1 fully saturated rings. The summed E-state index contributed by atoms with van der Waals surface area (Å²) < 4.78 is 38.8. The summed E-state index contributed by atoms with van der Waals surface area (Å²) in [5.74, 6) is 0.694. The highest BCUT2D eigenvalue weighted by Gasteiger charge is 2.34. The Kier molecular flexibility index (Phi) is 5.22. The molecule has 0 spiro atoms. The van der Waals surface area contributed by atoms with Crippen LogP contribution < -0.4 is 5.32 Å². The zero-order valence-electron chi connectivity index (χ0n) is 13.3. The molecule has 1 aliphatic heterocycles. The maximum absolute atomic E-state index is 12.9. The lowest BCUT2D eigenvalue weighted by Crippen LogP contribution is -2.39. The van der Waals surface area contributed by atoms with Gasteiger partial charge in [-0.05, 0) is 23.3 Å². The molecule has 0 saturated carbocycles. The van der Waals surface area contributed by atoms with E-state index in [2.05, 4.69) is 5.32 Å². The van der Waals surface area contributed by atoms with Crippen LogP contribution in [0.4, 0.5) is 18.0 Å². The van der Waals surface area contributed by atoms with Crippen molar-refractivity contribution in [3.8, 4) is 0 Å². The fourth-order valence-corrected chi connectivity index (χ4v) is 3.94. The minimum Gasteiger partial charge on any atom is -0.334 e. The Hall–Kier alpha value is -2.15. The first-order valence-electron chi connectivity index (χ1n) is 7.82. The Morgan fingerprint density at radius 2 is 1.92 bits per heavy atom. The third kappa shape index (κ3) is 4.28. The maximum Gasteiger partial charge on any atom is 0.416 e. The van der Waals surface area contributed by atoms with E-state index in [1.807, 2.05) is 30.3 Å². The largest absolute Gasteiger partial charge is 0.416 e. The van der Waals surface area contributed by atoms with E-state index in [0.29, 0.717) is 24.4 Å². The lowest BCUT2D eigenvalue weighted by atomic mass is 10.1. The van der Waals surface area contributed by atoms with Gasteiger partial charge in [-0.15, -0.1) is 11.8 Å². The Morgan fingerprint density at radius 3 is 2.64 bits per heavy atom. The first kappa shape index (κ1) is 17.7. The van der Waals surface area contributed by atoms with E-state index in [9.17, 15) is 18.0 Å². The Bertz CT molecular complexity index is 737. The fraction of sp³-hybridized carbons (Fsp3) is 0.278. The number of alkyl halides is 3. The van der Waals surface area contributed by atoms with Gasteiger partial charge in [-0.1, -0.05) is 42.5 Å². The van der Waals surface area contributed by atoms with Gasteiger partial charge in [-0.2, -0.15) is 13.2 Å². The van der Waals surface area contributed by atoms with E-state index in [1.54, 1.807) is 11.0 Å². The molecule has 132 valence electrons. The molecule has 0 unspecified atom stereocenters. The molecule has 0 aliphatic carbocycles. The van der Waals surface area contributed by atoms with E-state index in [-0.39, 0.29) is 6.03 Å². The SMILES string of the molecule is O=C(NCc1ccccc1)N1CCS[C@H]1c1cccc(C(F)(F)F)c1. The average Bonchev–Trinajstić information content (AvgIpc) is 3.10. The van der Waals surface area contributed by atoms with Crippen LogP contribution in [-0.2, 0) is 12.7 Å². The van der Waals surface area contributed by atoms with Crippen LogP contribution in [0.25, 0.3) is 0 Å². The molecule has 3 rings (SSSR count). The predicted octanol–water partition coefficient (Wildman–Crippen LogP) is 4.66. The zero-order chi connectivity index (χ0) is 17.9. The van der Waals surface area contributed by atoms with Crippen molar-refractivity contribution in [2.75, 3.05) is 12.3 Å². The van der Waals surface area contributed by atoms with E-state index >= 15 is 0 Å². The lowest BCUT2D eigenvalue weighted by Gasteiger charge is -2.25. The van der Waals surface area contributed by atoms with Crippen molar-refractivity contribution >= 4 is 17.8 Å². The van der Waals surface area contributed by atoms with Crippen molar-refractivity contribution in [2.24, 2.45) is 0 Å². The van der Waals surface area contributed by atoms with Gasteiger partial charge in [0.25, 0.3) is 0 Å². The molecule has 1 heterocycles. The third-order valence-electron chi connectivity index (χ3n) is 3.94. The van der Waals surface area contributed by atoms with E-state index in [4.69, 9.17) is 0 Å². The number of rotatable bonds is 3. The van der Waals surface area contributed by atoms with Crippen LogP contribution in [0.1, 0.15) is 22.1 Å². The number of urea groups is 1. The number of nitrogens with zero attached hydrogens (tertiary/aromatic N) is 1. The highest BCUT2D eigenvalue weighted by Crippen LogP contribution is 2.40. The number of carbonyl (C=O) groups is 1. The number of halogens is 3. The summed E-state index contributed by atoms with van der Waals surface area (Å²) in [6.45, 7) is 0.891. The van der Waals surface area contributed by atoms with Crippen LogP contribution in [0, 0.1) is 0 Å². The molecular formula is C18H17F3N2OS. The number of hydrogen-bond donors (Lipinski definition) is 1. The van der Waals surface area contributed by atoms with Gasteiger partial charge in [0.15, 0.2) is 0 Å². The van der Waals surface area contributed by atoms with Crippen LogP contribution in [-0.4, -0.2) is 23.2 Å². The molecule has 3 nitrogen and oxygen atoms in total. The molecule has 0 radical (unpaired) electrons. The Labute approximate surface area is 148 Å². The van der Waals surface area contributed by atoms with Crippen molar-refractivity contribution in [2.45, 2.75) is 18.1 Å². The fourth-order valence-electron chi connectivity index (χ4n) is 2.70. The number of carbonyl (C=O) groups excluding carboxylic acids is 1. The van der Waals surface area contributed by atoms with Gasteiger partial charge in [0.2, 0.25) is 0 Å². The van der Waals surface area contributed by atoms with E-state index in [0.717, 1.165) is 17.7 Å². The topological polar surface area (TPSA) is 32.3 Å². The minimum atomic E-state index is -4.39. The first-order chi connectivity index (χ1) is 11.9. The van der Waals surface area contributed by atoms with E-state index < -0.39 is 17.1 Å². The van der Waals surface area contributed by atoms with Gasteiger partial charge in [0.05, 0.1) is 5.56 Å². The van der Waals surface area contributed by atoms with Crippen molar-refractivity contribution < 1.29 is 18.0 Å². The number of nitrogens with one attached hydrogen (secondary N) is 1. The van der Waals surface area contributed by atoms with Gasteiger partial charge in [0, 0.05) is 18.8 Å². The van der Waals surface area contributed by atoms with Crippen LogP contribution in [0.5, 0.6) is 0 Å². The summed E-state index contributed by atoms with van der Waals surface area (Å²) in [4.78, 5) is 14.0. The second kappa shape index (κ2) is 7.39. The van der Waals surface area contributed by atoms with Crippen molar-refractivity contribution in [1.29, 1.82) is 0 Å². The highest BCUT2D eigenvalue weighted by molar-refractivity contribution is 7.99. The minimum absolute atomic E-state index is 0.267. The lowest BCUT2D eigenvalue weighted by molar-refractivity contribution is -0.137. The van der Waals surface area contributed by atoms with E-state index in [1.165, 1.54) is 17.8 Å². The molecular weight excluding hydrogens is 349 g/mol. The number of amides is 2. The monoisotopic (exact) mass is 366 g/mol. The molecule has 1 N–H and O–H groups in total. The van der Waals surface area contributed by atoms with Crippen LogP contribution in [0.15, 0.2) is 54.6 Å². The van der Waals surface area contributed by atoms with Gasteiger partial charge in [0.1, 0.15) is 5.37 Å². The summed E-state index contributed by atoms with van der Waals surface area (Å²) in [5.41, 5.74) is 0.771. The maximum atomic E-state index is 12.9. The summed E-state index contributed by atoms with van der Waals surface area (Å²) in [7, 11) is 0. The van der Waals surface area contributed by atoms with Crippen molar-refractivity contribution in [3.63, 3.8) is 0 Å². The van der Waals surface area contributed by atoms with Crippen LogP contribution >= 0.6 is 11.8 Å². The molecule has 2 aromatic carbocycles. The zero-order valence-corrected chi connectivity index (χ0v) is 14.1. The smallest absolute Gasteiger partial charge is 0.334 e. The molecule has 0 aromatic heterocycles. The average molecular weight is 366 g/mol. The Balaban J connectivity index is 1.71. The van der Waals surface area contributed by atoms with Gasteiger partial charge in [-0.3, -0.25) is 0 Å². The van der Waals surface area contributed by atoms with Crippen molar-refractivity contribution in [1.82, 2.24) is 10.2 Å². The number of hydrogen-bond acceptors (Lipinski definition) is 2. The summed E-state index contributed by atoms with van der Waals surface area (Å²) in [6, 6.07) is 14.4. The van der Waals surface area contributed by atoms with Crippen LogP contribution in [0.3, 0.4) is 0 Å². The quantitative estimate of drug-likeness (QED) is 0.857. The molecule has 2 amide bonds. The standard InChI is InChI=1S/C18H17F3N2OS/c19-18(20,21)15-8-4-7-14(11-15)16-23(9-10-25-16)17(24)22-12-13-5-2-1-3-6-13/h1-8,11,16H,9-10,12H2,(H,22,24)/t16-/m0/s1.